The molecule has 106 valence electrons. The lowest BCUT2D eigenvalue weighted by atomic mass is 10.2. The van der Waals surface area contributed by atoms with Crippen LogP contribution in [-0.2, 0) is 11.3 Å². The highest BCUT2D eigenvalue weighted by Crippen LogP contribution is 2.22. The lowest BCUT2D eigenvalue weighted by molar-refractivity contribution is 0.199. The molecule has 0 aliphatic heterocycles. The Balaban J connectivity index is 2.02. The van der Waals surface area contributed by atoms with Gasteiger partial charge >= 0.3 is 0 Å². The van der Waals surface area contributed by atoms with Crippen LogP contribution in [0.3, 0.4) is 0 Å². The molecule has 0 aliphatic rings. The molecule has 1 aromatic carbocycles. The van der Waals surface area contributed by atoms with Gasteiger partial charge in [0.2, 0.25) is 0 Å². The Bertz CT molecular complexity index is 563. The van der Waals surface area contributed by atoms with Gasteiger partial charge in [-0.1, -0.05) is 11.6 Å². The van der Waals surface area contributed by atoms with Crippen LogP contribution in [0.15, 0.2) is 30.6 Å². The van der Waals surface area contributed by atoms with Gasteiger partial charge < -0.3 is 10.1 Å². The van der Waals surface area contributed by atoms with Gasteiger partial charge in [0.15, 0.2) is 5.82 Å². The lowest BCUT2D eigenvalue weighted by Gasteiger charge is -2.05. The van der Waals surface area contributed by atoms with Crippen LogP contribution in [0.25, 0.3) is 11.4 Å². The van der Waals surface area contributed by atoms with Crippen molar-refractivity contribution in [2.24, 2.45) is 0 Å². The number of nitrogens with zero attached hydrogens (tertiary/aromatic N) is 2. The third kappa shape index (κ3) is 3.96. The topological polar surface area (TPSA) is 47.0 Å². The van der Waals surface area contributed by atoms with Gasteiger partial charge in [0, 0.05) is 43.7 Å². The normalized spacial score (nSPS) is 10.8. The summed E-state index contributed by atoms with van der Waals surface area (Å²) in [5.41, 5.74) is 1.66. The molecule has 0 saturated heterocycles. The predicted molar refractivity (Wildman–Crippen MR) is 76.0 cm³/mol. The Hall–Kier alpha value is -1.56. The van der Waals surface area contributed by atoms with Crippen molar-refractivity contribution in [2.75, 3.05) is 20.3 Å². The highest BCUT2D eigenvalue weighted by Gasteiger charge is 2.05. The standard InChI is InChI=1S/C14H15ClFN3O/c1-20-5-4-17-7-10-8-18-14(19-9-10)11-2-3-13(16)12(15)6-11/h2-3,6,8-9,17H,4-5,7H2,1H3. The van der Waals surface area contributed by atoms with Crippen molar-refractivity contribution in [3.8, 4) is 11.4 Å². The van der Waals surface area contributed by atoms with E-state index in [1.165, 1.54) is 12.1 Å². The molecule has 4 nitrogen and oxygen atoms in total. The maximum atomic E-state index is 13.1. The Kier molecular flexibility index (Phi) is 5.40. The summed E-state index contributed by atoms with van der Waals surface area (Å²) in [6, 6.07) is 4.43. The summed E-state index contributed by atoms with van der Waals surface area (Å²) in [5, 5.41) is 3.27. The SMILES string of the molecule is COCCNCc1cnc(-c2ccc(F)c(Cl)c2)nc1. The zero-order valence-electron chi connectivity index (χ0n) is 11.1. The lowest BCUT2D eigenvalue weighted by Crippen LogP contribution is -2.18. The predicted octanol–water partition coefficient (Wildman–Crippen LogP) is 2.67. The van der Waals surface area contributed by atoms with Crippen molar-refractivity contribution in [2.45, 2.75) is 6.54 Å². The van der Waals surface area contributed by atoms with Crippen LogP contribution in [0.5, 0.6) is 0 Å². The molecule has 2 aromatic rings. The molecule has 20 heavy (non-hydrogen) atoms. The average molecular weight is 296 g/mol. The summed E-state index contributed by atoms with van der Waals surface area (Å²) in [6.07, 6.45) is 3.47. The number of hydrogen-bond acceptors (Lipinski definition) is 4. The first-order valence-electron chi connectivity index (χ1n) is 6.16. The Morgan fingerprint density at radius 3 is 2.70 bits per heavy atom. The molecular weight excluding hydrogens is 281 g/mol. The minimum absolute atomic E-state index is 0.0661. The highest BCUT2D eigenvalue weighted by molar-refractivity contribution is 6.31. The second-order valence-electron chi connectivity index (χ2n) is 4.21. The van der Waals surface area contributed by atoms with Gasteiger partial charge in [-0.05, 0) is 18.2 Å². The van der Waals surface area contributed by atoms with Crippen molar-refractivity contribution in [3.63, 3.8) is 0 Å². The van der Waals surface area contributed by atoms with E-state index in [1.54, 1.807) is 25.6 Å². The molecule has 0 amide bonds. The maximum Gasteiger partial charge on any atom is 0.159 e. The maximum absolute atomic E-state index is 13.1. The molecule has 0 aliphatic carbocycles. The van der Waals surface area contributed by atoms with Crippen LogP contribution in [-0.4, -0.2) is 30.2 Å². The fourth-order valence-corrected chi connectivity index (χ4v) is 1.82. The van der Waals surface area contributed by atoms with E-state index in [1.807, 2.05) is 0 Å². The third-order valence-electron chi connectivity index (χ3n) is 2.70. The largest absolute Gasteiger partial charge is 0.383 e. The van der Waals surface area contributed by atoms with Crippen LogP contribution >= 0.6 is 11.6 Å². The first kappa shape index (κ1) is 14.8. The minimum atomic E-state index is -0.450. The average Bonchev–Trinajstić information content (AvgIpc) is 2.47. The fraction of sp³-hybridized carbons (Fsp3) is 0.286. The van der Waals surface area contributed by atoms with E-state index in [2.05, 4.69) is 15.3 Å². The molecule has 1 heterocycles. The molecule has 2 rings (SSSR count). The Labute approximate surface area is 122 Å². The van der Waals surface area contributed by atoms with Crippen molar-refractivity contribution >= 4 is 11.6 Å². The molecular formula is C14H15ClFN3O. The number of halogens is 2. The molecule has 0 unspecified atom stereocenters. The second kappa shape index (κ2) is 7.28. The minimum Gasteiger partial charge on any atom is -0.383 e. The Morgan fingerprint density at radius 2 is 2.05 bits per heavy atom. The summed E-state index contributed by atoms with van der Waals surface area (Å²) < 4.78 is 18.0. The number of aromatic nitrogens is 2. The van der Waals surface area contributed by atoms with Gasteiger partial charge in [-0.2, -0.15) is 0 Å². The van der Waals surface area contributed by atoms with E-state index < -0.39 is 5.82 Å². The number of hydrogen-bond donors (Lipinski definition) is 1. The van der Waals surface area contributed by atoms with Crippen LogP contribution in [0.2, 0.25) is 5.02 Å². The number of nitrogens with one attached hydrogen (secondary N) is 1. The van der Waals surface area contributed by atoms with Crippen molar-refractivity contribution in [1.82, 2.24) is 15.3 Å². The molecule has 0 spiro atoms. The summed E-state index contributed by atoms with van der Waals surface area (Å²) in [5.74, 6) is 0.0712. The van der Waals surface area contributed by atoms with E-state index in [0.717, 1.165) is 12.1 Å². The van der Waals surface area contributed by atoms with Gasteiger partial charge in [0.25, 0.3) is 0 Å². The van der Waals surface area contributed by atoms with Crippen LogP contribution < -0.4 is 5.32 Å². The number of methoxy groups -OCH3 is 1. The molecule has 1 aromatic heterocycles. The van der Waals surface area contributed by atoms with Crippen LogP contribution in [0, 0.1) is 5.82 Å². The third-order valence-corrected chi connectivity index (χ3v) is 2.98. The monoisotopic (exact) mass is 295 g/mol. The molecule has 0 fully saturated rings. The van der Waals surface area contributed by atoms with E-state index >= 15 is 0 Å². The number of benzene rings is 1. The van der Waals surface area contributed by atoms with Gasteiger partial charge in [-0.25, -0.2) is 14.4 Å². The number of rotatable bonds is 6. The quantitative estimate of drug-likeness (QED) is 0.832. The number of ether oxygens (including phenoxy) is 1. The zero-order chi connectivity index (χ0) is 14.4. The van der Waals surface area contributed by atoms with E-state index in [9.17, 15) is 4.39 Å². The second-order valence-corrected chi connectivity index (χ2v) is 4.62. The molecule has 0 bridgehead atoms. The van der Waals surface area contributed by atoms with Gasteiger partial charge in [-0.15, -0.1) is 0 Å². The molecule has 0 saturated carbocycles. The van der Waals surface area contributed by atoms with Crippen molar-refractivity contribution in [1.29, 1.82) is 0 Å². The van der Waals surface area contributed by atoms with Gasteiger partial charge in [-0.3, -0.25) is 0 Å². The highest BCUT2D eigenvalue weighted by atomic mass is 35.5. The first-order chi connectivity index (χ1) is 9.70. The summed E-state index contributed by atoms with van der Waals surface area (Å²) in [6.45, 7) is 2.10. The fourth-order valence-electron chi connectivity index (χ4n) is 1.64. The molecule has 0 atom stereocenters. The van der Waals surface area contributed by atoms with Gasteiger partial charge in [0.05, 0.1) is 11.6 Å². The summed E-state index contributed by atoms with van der Waals surface area (Å²) >= 11 is 5.74. The van der Waals surface area contributed by atoms with E-state index in [4.69, 9.17) is 16.3 Å². The van der Waals surface area contributed by atoms with Crippen molar-refractivity contribution in [3.05, 3.63) is 47.0 Å². The van der Waals surface area contributed by atoms with E-state index in [-0.39, 0.29) is 5.02 Å². The molecule has 6 heteroatoms. The molecule has 1 N–H and O–H groups in total. The first-order valence-corrected chi connectivity index (χ1v) is 6.54. The molecule has 0 radical (unpaired) electrons. The zero-order valence-corrected chi connectivity index (χ0v) is 11.8. The van der Waals surface area contributed by atoms with E-state index in [0.29, 0.717) is 24.5 Å². The van der Waals surface area contributed by atoms with Gasteiger partial charge in [0.1, 0.15) is 5.82 Å². The summed E-state index contributed by atoms with van der Waals surface area (Å²) in [4.78, 5) is 8.51. The Morgan fingerprint density at radius 1 is 1.30 bits per heavy atom. The smallest absolute Gasteiger partial charge is 0.159 e. The summed E-state index contributed by atoms with van der Waals surface area (Å²) in [7, 11) is 1.66. The van der Waals surface area contributed by atoms with Crippen LogP contribution in [0.4, 0.5) is 4.39 Å². The van der Waals surface area contributed by atoms with Crippen molar-refractivity contribution < 1.29 is 9.13 Å². The van der Waals surface area contributed by atoms with Crippen LogP contribution in [0.1, 0.15) is 5.56 Å².